The summed E-state index contributed by atoms with van der Waals surface area (Å²) in [6.07, 6.45) is 0. The van der Waals surface area contributed by atoms with Gasteiger partial charge in [0.15, 0.2) is 17.2 Å². The molecular formula is C24H19NO4S. The van der Waals surface area contributed by atoms with Crippen LogP contribution in [-0.2, 0) is 13.2 Å². The predicted octanol–water partition coefficient (Wildman–Crippen LogP) is 5.67. The second-order valence-electron chi connectivity index (χ2n) is 6.52. The number of hydrogen-bond donors (Lipinski definition) is 1. The summed E-state index contributed by atoms with van der Waals surface area (Å²) in [5, 5.41) is 11.3. The molecule has 0 amide bonds. The van der Waals surface area contributed by atoms with Gasteiger partial charge in [0, 0.05) is 5.38 Å². The number of hydrogen-bond acceptors (Lipinski definition) is 5. The van der Waals surface area contributed by atoms with E-state index >= 15 is 0 Å². The fourth-order valence-electron chi connectivity index (χ4n) is 2.91. The molecule has 4 rings (SSSR count). The van der Waals surface area contributed by atoms with Crippen molar-refractivity contribution in [3.8, 4) is 22.1 Å². The highest BCUT2D eigenvalue weighted by molar-refractivity contribution is 7.13. The molecule has 6 heteroatoms. The molecule has 0 aliphatic carbocycles. The van der Waals surface area contributed by atoms with Crippen LogP contribution in [0.4, 0.5) is 0 Å². The van der Waals surface area contributed by atoms with Crippen LogP contribution in [0.25, 0.3) is 10.6 Å². The van der Waals surface area contributed by atoms with E-state index in [1.807, 2.05) is 78.9 Å². The summed E-state index contributed by atoms with van der Waals surface area (Å²) in [6.45, 7) is 0.751. The van der Waals surface area contributed by atoms with Gasteiger partial charge in [-0.05, 0) is 23.3 Å². The predicted molar refractivity (Wildman–Crippen MR) is 116 cm³/mol. The maximum Gasteiger partial charge on any atom is 0.355 e. The van der Waals surface area contributed by atoms with Gasteiger partial charge in [-0.1, -0.05) is 66.7 Å². The Bertz CT molecular complexity index is 1130. The Morgan fingerprint density at radius 3 is 2.07 bits per heavy atom. The van der Waals surface area contributed by atoms with E-state index in [1.165, 1.54) is 16.7 Å². The van der Waals surface area contributed by atoms with E-state index in [-0.39, 0.29) is 5.69 Å². The van der Waals surface area contributed by atoms with Crippen molar-refractivity contribution in [1.29, 1.82) is 0 Å². The highest BCUT2D eigenvalue weighted by Gasteiger charge is 2.18. The molecule has 1 N–H and O–H groups in total. The maximum absolute atomic E-state index is 11.3. The summed E-state index contributed by atoms with van der Waals surface area (Å²) in [5.74, 6) is 0.0728. The van der Waals surface area contributed by atoms with Crippen molar-refractivity contribution in [2.75, 3.05) is 0 Å². The van der Waals surface area contributed by atoms with Crippen LogP contribution in [0.3, 0.4) is 0 Å². The zero-order valence-corrected chi connectivity index (χ0v) is 16.8. The topological polar surface area (TPSA) is 68.7 Å². The molecule has 1 heterocycles. The van der Waals surface area contributed by atoms with E-state index in [0.717, 1.165) is 11.1 Å². The summed E-state index contributed by atoms with van der Waals surface area (Å²) < 4.78 is 12.2. The number of thiazole rings is 1. The number of benzene rings is 3. The first-order chi connectivity index (χ1) is 14.7. The van der Waals surface area contributed by atoms with E-state index in [9.17, 15) is 9.90 Å². The van der Waals surface area contributed by atoms with Gasteiger partial charge in [-0.2, -0.15) is 0 Å². The molecule has 3 aromatic carbocycles. The van der Waals surface area contributed by atoms with Crippen molar-refractivity contribution in [3.63, 3.8) is 0 Å². The van der Waals surface area contributed by atoms with Crippen molar-refractivity contribution in [2.24, 2.45) is 0 Å². The lowest BCUT2D eigenvalue weighted by atomic mass is 10.2. The van der Waals surface area contributed by atoms with Crippen LogP contribution >= 0.6 is 11.3 Å². The van der Waals surface area contributed by atoms with Crippen LogP contribution in [0.15, 0.2) is 84.2 Å². The highest BCUT2D eigenvalue weighted by Crippen LogP contribution is 2.40. The summed E-state index contributed by atoms with van der Waals surface area (Å²) in [4.78, 5) is 15.5. The smallest absolute Gasteiger partial charge is 0.355 e. The van der Waals surface area contributed by atoms with Crippen molar-refractivity contribution in [3.05, 3.63) is 101 Å². The van der Waals surface area contributed by atoms with E-state index in [2.05, 4.69) is 4.98 Å². The van der Waals surface area contributed by atoms with Crippen molar-refractivity contribution in [1.82, 2.24) is 4.98 Å². The van der Waals surface area contributed by atoms with Crippen molar-refractivity contribution >= 4 is 17.3 Å². The fourth-order valence-corrected chi connectivity index (χ4v) is 3.72. The molecule has 0 radical (unpaired) electrons. The average molecular weight is 417 g/mol. The Morgan fingerprint density at radius 1 is 0.833 bits per heavy atom. The maximum atomic E-state index is 11.3. The molecule has 0 fully saturated rings. The molecule has 0 unspecified atom stereocenters. The summed E-state index contributed by atoms with van der Waals surface area (Å²) in [5.41, 5.74) is 2.78. The molecule has 1 aromatic heterocycles. The molecule has 0 aliphatic heterocycles. The highest BCUT2D eigenvalue weighted by atomic mass is 32.1. The number of aromatic carboxylic acids is 1. The Kier molecular flexibility index (Phi) is 6.06. The molecule has 0 saturated heterocycles. The second kappa shape index (κ2) is 9.24. The molecule has 30 heavy (non-hydrogen) atoms. The largest absolute Gasteiger partial charge is 0.485 e. The molecule has 0 saturated carbocycles. The number of carbonyl (C=O) groups is 1. The molecule has 4 aromatic rings. The van der Waals surface area contributed by atoms with Gasteiger partial charge in [-0.15, -0.1) is 11.3 Å². The van der Waals surface area contributed by atoms with Gasteiger partial charge in [0.25, 0.3) is 0 Å². The van der Waals surface area contributed by atoms with Gasteiger partial charge in [0.1, 0.15) is 18.2 Å². The number of carboxylic acid groups (broad SMARTS) is 1. The van der Waals surface area contributed by atoms with Gasteiger partial charge in [0.2, 0.25) is 0 Å². The zero-order valence-electron chi connectivity index (χ0n) is 16.0. The third-order valence-corrected chi connectivity index (χ3v) is 5.27. The van der Waals surface area contributed by atoms with Gasteiger partial charge >= 0.3 is 5.97 Å². The van der Waals surface area contributed by atoms with Crippen molar-refractivity contribution < 1.29 is 19.4 Å². The third-order valence-electron chi connectivity index (χ3n) is 4.40. The number of rotatable bonds is 8. The minimum atomic E-state index is -1.05. The fraction of sp³-hybridized carbons (Fsp3) is 0.0833. The van der Waals surface area contributed by atoms with Gasteiger partial charge in [-0.3, -0.25) is 0 Å². The van der Waals surface area contributed by atoms with E-state index in [4.69, 9.17) is 9.47 Å². The van der Waals surface area contributed by atoms with Gasteiger partial charge < -0.3 is 14.6 Å². The standard InChI is InChI=1S/C24H19NO4S/c26-24(27)20-16-30-23(25-20)19-12-7-13-21(28-14-17-8-3-1-4-9-17)22(19)29-15-18-10-5-2-6-11-18/h1-13,16H,14-15H2,(H,26,27). The van der Waals surface area contributed by atoms with E-state index in [0.29, 0.717) is 35.3 Å². The summed E-state index contributed by atoms with van der Waals surface area (Å²) in [6, 6.07) is 25.3. The first-order valence-corrected chi connectivity index (χ1v) is 10.2. The summed E-state index contributed by atoms with van der Waals surface area (Å²) in [7, 11) is 0. The lowest BCUT2D eigenvalue weighted by Crippen LogP contribution is -2.02. The van der Waals surface area contributed by atoms with Crippen LogP contribution in [0.5, 0.6) is 11.5 Å². The van der Waals surface area contributed by atoms with Gasteiger partial charge in [0.05, 0.1) is 5.56 Å². The Labute approximate surface area is 178 Å². The summed E-state index contributed by atoms with van der Waals surface area (Å²) >= 11 is 1.26. The SMILES string of the molecule is O=C(O)c1csc(-c2cccc(OCc3ccccc3)c2OCc2ccccc2)n1. The van der Waals surface area contributed by atoms with Crippen LogP contribution in [0.1, 0.15) is 21.6 Å². The lowest BCUT2D eigenvalue weighted by molar-refractivity contribution is 0.0691. The third kappa shape index (κ3) is 4.67. The van der Waals surface area contributed by atoms with Crippen LogP contribution in [0, 0.1) is 0 Å². The molecule has 0 aliphatic rings. The minimum Gasteiger partial charge on any atom is -0.485 e. The lowest BCUT2D eigenvalue weighted by Gasteiger charge is -2.16. The number of aromatic nitrogens is 1. The molecule has 0 spiro atoms. The molecule has 5 nitrogen and oxygen atoms in total. The Morgan fingerprint density at radius 2 is 1.47 bits per heavy atom. The number of para-hydroxylation sites is 1. The van der Waals surface area contributed by atoms with Crippen LogP contribution in [0.2, 0.25) is 0 Å². The van der Waals surface area contributed by atoms with E-state index in [1.54, 1.807) is 0 Å². The second-order valence-corrected chi connectivity index (χ2v) is 7.38. The quantitative estimate of drug-likeness (QED) is 0.400. The molecular weight excluding hydrogens is 398 g/mol. The minimum absolute atomic E-state index is 0.0135. The molecule has 150 valence electrons. The van der Waals surface area contributed by atoms with Gasteiger partial charge in [-0.25, -0.2) is 9.78 Å². The van der Waals surface area contributed by atoms with E-state index < -0.39 is 5.97 Å². The average Bonchev–Trinajstić information content (AvgIpc) is 3.28. The molecule has 0 atom stereocenters. The van der Waals surface area contributed by atoms with Crippen LogP contribution in [-0.4, -0.2) is 16.1 Å². The Hall–Kier alpha value is -3.64. The number of nitrogens with zero attached hydrogens (tertiary/aromatic N) is 1. The number of ether oxygens (including phenoxy) is 2. The number of carboxylic acids is 1. The normalized spacial score (nSPS) is 10.5. The van der Waals surface area contributed by atoms with Crippen LogP contribution < -0.4 is 9.47 Å². The Balaban J connectivity index is 1.66. The monoisotopic (exact) mass is 417 g/mol. The first kappa shape index (κ1) is 19.7. The zero-order chi connectivity index (χ0) is 20.8. The van der Waals surface area contributed by atoms with Crippen molar-refractivity contribution in [2.45, 2.75) is 13.2 Å². The first-order valence-electron chi connectivity index (χ1n) is 9.36. The molecule has 0 bridgehead atoms.